The van der Waals surface area contributed by atoms with Crippen molar-refractivity contribution in [2.24, 2.45) is 5.92 Å². The summed E-state index contributed by atoms with van der Waals surface area (Å²) in [5.74, 6) is 1.86. The molecule has 5 nitrogen and oxygen atoms in total. The van der Waals surface area contributed by atoms with Gasteiger partial charge in [-0.15, -0.1) is 0 Å². The van der Waals surface area contributed by atoms with E-state index in [0.29, 0.717) is 11.8 Å². The minimum Gasteiger partial charge on any atom is -0.481 e. The van der Waals surface area contributed by atoms with Gasteiger partial charge < -0.3 is 14.8 Å². The molecule has 5 heteroatoms. The summed E-state index contributed by atoms with van der Waals surface area (Å²) in [6, 6.07) is 0. The first kappa shape index (κ1) is 12.7. The van der Waals surface area contributed by atoms with Gasteiger partial charge >= 0.3 is 0 Å². The van der Waals surface area contributed by atoms with E-state index in [2.05, 4.69) is 22.2 Å². The molecule has 1 N–H and O–H groups in total. The molecule has 1 atom stereocenters. The van der Waals surface area contributed by atoms with Crippen LogP contribution in [-0.2, 0) is 4.74 Å². The van der Waals surface area contributed by atoms with Crippen LogP contribution in [-0.4, -0.2) is 37.3 Å². The van der Waals surface area contributed by atoms with Gasteiger partial charge in [-0.2, -0.15) is 0 Å². The Hall–Kier alpha value is -1.36. The van der Waals surface area contributed by atoms with E-state index in [1.165, 1.54) is 6.33 Å². The van der Waals surface area contributed by atoms with E-state index in [0.717, 1.165) is 24.5 Å². The molecule has 1 unspecified atom stereocenters. The maximum Gasteiger partial charge on any atom is 0.221 e. The highest BCUT2D eigenvalue weighted by Gasteiger charge is 2.08. The van der Waals surface area contributed by atoms with Crippen LogP contribution in [0.25, 0.3) is 0 Å². The highest BCUT2D eigenvalue weighted by molar-refractivity contribution is 5.47. The molecule has 1 aromatic rings. The predicted molar refractivity (Wildman–Crippen MR) is 62.9 cm³/mol. The molecule has 0 aromatic carbocycles. The Labute approximate surface area is 96.2 Å². The number of hydrogen-bond acceptors (Lipinski definition) is 5. The Morgan fingerprint density at radius 3 is 2.75 bits per heavy atom. The van der Waals surface area contributed by atoms with Gasteiger partial charge in [0.2, 0.25) is 5.88 Å². The minimum atomic E-state index is 0.436. The summed E-state index contributed by atoms with van der Waals surface area (Å²) < 4.78 is 10.2. The van der Waals surface area contributed by atoms with Gasteiger partial charge in [0.1, 0.15) is 12.1 Å². The third-order valence-corrected chi connectivity index (χ3v) is 2.30. The maximum atomic E-state index is 5.12. The molecule has 16 heavy (non-hydrogen) atoms. The second kappa shape index (κ2) is 6.27. The van der Waals surface area contributed by atoms with Crippen LogP contribution in [0.3, 0.4) is 0 Å². The number of ether oxygens (including phenoxy) is 2. The summed E-state index contributed by atoms with van der Waals surface area (Å²) >= 11 is 0. The lowest BCUT2D eigenvalue weighted by Gasteiger charge is -2.14. The van der Waals surface area contributed by atoms with Gasteiger partial charge in [-0.25, -0.2) is 9.97 Å². The van der Waals surface area contributed by atoms with Crippen LogP contribution in [0, 0.1) is 12.8 Å². The molecule has 0 amide bonds. The van der Waals surface area contributed by atoms with Crippen molar-refractivity contribution >= 4 is 5.82 Å². The lowest BCUT2D eigenvalue weighted by Crippen LogP contribution is -2.17. The molecule has 0 bridgehead atoms. The fourth-order valence-corrected chi connectivity index (χ4v) is 1.43. The van der Waals surface area contributed by atoms with E-state index in [1.807, 2.05) is 6.92 Å². The van der Waals surface area contributed by atoms with E-state index in [-0.39, 0.29) is 0 Å². The summed E-state index contributed by atoms with van der Waals surface area (Å²) in [5, 5.41) is 3.26. The standard InChI is InChI=1S/C11H19N3O2/c1-8(6-15-3)5-12-10-9(2)11(16-4)14-7-13-10/h7-8H,5-6H2,1-4H3,(H,12,13,14). The highest BCUT2D eigenvalue weighted by Crippen LogP contribution is 2.19. The predicted octanol–water partition coefficient (Wildman–Crippen LogP) is 1.49. The molecule has 0 aliphatic rings. The fraction of sp³-hybridized carbons (Fsp3) is 0.636. The first-order valence-corrected chi connectivity index (χ1v) is 5.27. The molecule has 0 spiro atoms. The van der Waals surface area contributed by atoms with E-state index in [1.54, 1.807) is 14.2 Å². The number of nitrogens with one attached hydrogen (secondary N) is 1. The minimum absolute atomic E-state index is 0.436. The summed E-state index contributed by atoms with van der Waals surface area (Å²) in [5.41, 5.74) is 0.926. The molecule has 0 saturated carbocycles. The fourth-order valence-electron chi connectivity index (χ4n) is 1.43. The number of hydrogen-bond donors (Lipinski definition) is 1. The zero-order valence-corrected chi connectivity index (χ0v) is 10.3. The van der Waals surface area contributed by atoms with Crippen LogP contribution in [0.4, 0.5) is 5.82 Å². The summed E-state index contributed by atoms with van der Waals surface area (Å²) in [4.78, 5) is 8.20. The molecule has 1 heterocycles. The van der Waals surface area contributed by atoms with Gasteiger partial charge in [-0.05, 0) is 12.8 Å². The molecule has 0 radical (unpaired) electrons. The maximum absolute atomic E-state index is 5.12. The summed E-state index contributed by atoms with van der Waals surface area (Å²) in [7, 11) is 3.31. The third-order valence-electron chi connectivity index (χ3n) is 2.30. The first-order chi connectivity index (χ1) is 7.69. The van der Waals surface area contributed by atoms with Crippen molar-refractivity contribution in [2.45, 2.75) is 13.8 Å². The van der Waals surface area contributed by atoms with E-state index in [9.17, 15) is 0 Å². The first-order valence-electron chi connectivity index (χ1n) is 5.27. The van der Waals surface area contributed by atoms with E-state index >= 15 is 0 Å². The Balaban J connectivity index is 2.60. The van der Waals surface area contributed by atoms with Crippen molar-refractivity contribution in [3.05, 3.63) is 11.9 Å². The summed E-state index contributed by atoms with van der Waals surface area (Å²) in [6.45, 7) is 5.59. The Bertz CT molecular complexity index is 331. The number of rotatable bonds is 6. The van der Waals surface area contributed by atoms with Crippen molar-refractivity contribution < 1.29 is 9.47 Å². The normalized spacial score (nSPS) is 12.2. The topological polar surface area (TPSA) is 56.3 Å². The van der Waals surface area contributed by atoms with Crippen LogP contribution < -0.4 is 10.1 Å². The SMILES string of the molecule is COCC(C)CNc1ncnc(OC)c1C. The highest BCUT2D eigenvalue weighted by atomic mass is 16.5. The van der Waals surface area contributed by atoms with Crippen LogP contribution in [0.5, 0.6) is 5.88 Å². The van der Waals surface area contributed by atoms with Gasteiger partial charge in [0, 0.05) is 13.7 Å². The van der Waals surface area contributed by atoms with Crippen LogP contribution in [0.2, 0.25) is 0 Å². The van der Waals surface area contributed by atoms with Crippen LogP contribution >= 0.6 is 0 Å². The van der Waals surface area contributed by atoms with Crippen molar-refractivity contribution in [1.82, 2.24) is 9.97 Å². The molecular formula is C11H19N3O2. The van der Waals surface area contributed by atoms with Crippen molar-refractivity contribution in [3.63, 3.8) is 0 Å². The molecule has 0 aliphatic carbocycles. The van der Waals surface area contributed by atoms with Crippen molar-refractivity contribution in [2.75, 3.05) is 32.7 Å². The molecule has 0 aliphatic heterocycles. The second-order valence-corrected chi connectivity index (χ2v) is 3.80. The molecule has 1 aromatic heterocycles. The largest absolute Gasteiger partial charge is 0.481 e. The molecule has 0 fully saturated rings. The molecule has 0 saturated heterocycles. The van der Waals surface area contributed by atoms with E-state index < -0.39 is 0 Å². The van der Waals surface area contributed by atoms with Gasteiger partial charge in [0.25, 0.3) is 0 Å². The molecule has 90 valence electrons. The number of anilines is 1. The van der Waals surface area contributed by atoms with Crippen LogP contribution in [0.1, 0.15) is 12.5 Å². The second-order valence-electron chi connectivity index (χ2n) is 3.80. The molecule has 1 rings (SSSR count). The smallest absolute Gasteiger partial charge is 0.221 e. The monoisotopic (exact) mass is 225 g/mol. The Morgan fingerprint density at radius 2 is 2.12 bits per heavy atom. The number of methoxy groups -OCH3 is 2. The van der Waals surface area contributed by atoms with Crippen molar-refractivity contribution in [1.29, 1.82) is 0 Å². The Morgan fingerprint density at radius 1 is 1.38 bits per heavy atom. The lowest BCUT2D eigenvalue weighted by molar-refractivity contribution is 0.164. The third kappa shape index (κ3) is 3.34. The van der Waals surface area contributed by atoms with Gasteiger partial charge in [0.05, 0.1) is 19.3 Å². The molecular weight excluding hydrogens is 206 g/mol. The van der Waals surface area contributed by atoms with Crippen molar-refractivity contribution in [3.8, 4) is 5.88 Å². The van der Waals surface area contributed by atoms with Gasteiger partial charge in [0.15, 0.2) is 0 Å². The van der Waals surface area contributed by atoms with Crippen LogP contribution in [0.15, 0.2) is 6.33 Å². The quantitative estimate of drug-likeness (QED) is 0.795. The average Bonchev–Trinajstić information content (AvgIpc) is 2.28. The zero-order chi connectivity index (χ0) is 12.0. The number of aromatic nitrogens is 2. The lowest BCUT2D eigenvalue weighted by atomic mass is 10.2. The van der Waals surface area contributed by atoms with Gasteiger partial charge in [-0.1, -0.05) is 6.92 Å². The van der Waals surface area contributed by atoms with Gasteiger partial charge in [-0.3, -0.25) is 0 Å². The summed E-state index contributed by atoms with van der Waals surface area (Å²) in [6.07, 6.45) is 1.50. The zero-order valence-electron chi connectivity index (χ0n) is 10.3. The number of nitrogens with zero attached hydrogens (tertiary/aromatic N) is 2. The average molecular weight is 225 g/mol. The van der Waals surface area contributed by atoms with E-state index in [4.69, 9.17) is 9.47 Å². The Kier molecular flexibility index (Phi) is 4.98.